The van der Waals surface area contributed by atoms with Crippen molar-refractivity contribution in [3.8, 4) is 0 Å². The summed E-state index contributed by atoms with van der Waals surface area (Å²) in [6.07, 6.45) is 7.14. The van der Waals surface area contributed by atoms with Crippen LogP contribution in [-0.4, -0.2) is 17.5 Å². The summed E-state index contributed by atoms with van der Waals surface area (Å²) >= 11 is 7.97. The minimum atomic E-state index is -1.28. The van der Waals surface area contributed by atoms with Gasteiger partial charge in [0.2, 0.25) is 11.6 Å². The summed E-state index contributed by atoms with van der Waals surface area (Å²) in [5, 5.41) is 11.7. The number of allylic oxidation sites excluding steroid dienone is 10. The van der Waals surface area contributed by atoms with Crippen molar-refractivity contribution in [1.82, 2.24) is 0 Å². The van der Waals surface area contributed by atoms with Gasteiger partial charge in [0, 0.05) is 11.5 Å². The molecule has 0 bridgehead atoms. The average molecular weight is 821 g/mol. The predicted molar refractivity (Wildman–Crippen MR) is 140 cm³/mol. The zero-order valence-corrected chi connectivity index (χ0v) is 22.5. The highest BCUT2D eigenvalue weighted by Crippen LogP contribution is 2.41. The minimum absolute atomic E-state index is 0.0518. The maximum absolute atomic E-state index is 12.2. The second-order valence-electron chi connectivity index (χ2n) is 5.90. The molecule has 2 aliphatic rings. The van der Waals surface area contributed by atoms with E-state index in [-0.39, 0.29) is 23.0 Å². The number of benzene rings is 1. The first kappa shape index (κ1) is 22.3. The van der Waals surface area contributed by atoms with Gasteiger partial charge in [-0.15, -0.1) is 0 Å². The second-order valence-corrected chi connectivity index (χ2v) is 10.5. The Hall–Kier alpha value is -0.350. The molecule has 1 aromatic rings. The smallest absolute Gasteiger partial charge is 0.205 e. The third-order valence-electron chi connectivity index (χ3n) is 4.17. The predicted octanol–water partition coefficient (Wildman–Crippen LogP) is 4.86. The highest BCUT2D eigenvalue weighted by molar-refractivity contribution is 14.1. The summed E-state index contributed by atoms with van der Waals surface area (Å²) < 4.78 is 2.24. The summed E-state index contributed by atoms with van der Waals surface area (Å²) in [4.78, 5) is 36.1. The van der Waals surface area contributed by atoms with Crippen molar-refractivity contribution in [3.63, 3.8) is 0 Å². The van der Waals surface area contributed by atoms with Gasteiger partial charge in [0.1, 0.15) is 0 Å². The van der Waals surface area contributed by atoms with Gasteiger partial charge < -0.3 is 9.90 Å². The first-order valence-electron chi connectivity index (χ1n) is 7.84. The topological polar surface area (TPSA) is 74.3 Å². The second kappa shape index (κ2) is 9.20. The van der Waals surface area contributed by atoms with Crippen molar-refractivity contribution >= 4 is 113 Å². The average Bonchev–Trinajstić information content (AvgIpc) is 2.64. The number of carboxylic acid groups (broad SMARTS) is 1. The Morgan fingerprint density at radius 1 is 0.786 bits per heavy atom. The van der Waals surface area contributed by atoms with E-state index >= 15 is 0 Å². The van der Waals surface area contributed by atoms with Gasteiger partial charge in [-0.05, 0) is 119 Å². The van der Waals surface area contributed by atoms with Crippen molar-refractivity contribution in [2.24, 2.45) is 5.92 Å². The van der Waals surface area contributed by atoms with Crippen LogP contribution in [0.2, 0.25) is 0 Å². The van der Waals surface area contributed by atoms with Crippen LogP contribution in [0, 0.1) is 5.92 Å². The molecule has 0 fully saturated rings. The minimum Gasteiger partial charge on any atom is -0.545 e. The lowest BCUT2D eigenvalue weighted by Crippen LogP contribution is -2.24. The molecule has 3 rings (SSSR count). The van der Waals surface area contributed by atoms with E-state index in [4.69, 9.17) is 0 Å². The fourth-order valence-corrected chi connectivity index (χ4v) is 6.57. The summed E-state index contributed by atoms with van der Waals surface area (Å²) in [7, 11) is 0. The summed E-state index contributed by atoms with van der Waals surface area (Å²) in [5.41, 5.74) is 2.03. The molecular weight excluding hydrogens is 812 g/mol. The molecule has 0 radical (unpaired) electrons. The van der Waals surface area contributed by atoms with Gasteiger partial charge in [-0.3, -0.25) is 9.59 Å². The Morgan fingerprint density at radius 2 is 1.25 bits per heavy atom. The van der Waals surface area contributed by atoms with Gasteiger partial charge in [-0.2, -0.15) is 0 Å². The Bertz CT molecular complexity index is 1030. The third kappa shape index (κ3) is 4.53. The van der Waals surface area contributed by atoms with Crippen LogP contribution in [0.25, 0.3) is 5.57 Å². The standard InChI is InChI=1S/C20H10I4O4/c21-13-5-9(6-14(22)18(13)25)17(10-7-15(23)19(26)16(24)8-10)11-3-1-2-4-12(11)20(27)28/h1-9H,(H,27,28)/p-1. The highest BCUT2D eigenvalue weighted by atomic mass is 127. The van der Waals surface area contributed by atoms with E-state index < -0.39 is 5.97 Å². The molecule has 0 spiro atoms. The third-order valence-corrected chi connectivity index (χ3v) is 7.47. The van der Waals surface area contributed by atoms with Gasteiger partial charge in [-0.1, -0.05) is 36.4 Å². The molecule has 0 atom stereocenters. The van der Waals surface area contributed by atoms with E-state index in [9.17, 15) is 19.5 Å². The molecule has 0 saturated heterocycles. The molecule has 0 N–H and O–H groups in total. The Morgan fingerprint density at radius 3 is 1.75 bits per heavy atom. The number of ketones is 2. The first-order valence-corrected chi connectivity index (χ1v) is 12.2. The molecule has 8 heteroatoms. The lowest BCUT2D eigenvalue weighted by Gasteiger charge is -2.24. The maximum atomic E-state index is 12.2. The van der Waals surface area contributed by atoms with Crippen LogP contribution in [0.3, 0.4) is 0 Å². The van der Waals surface area contributed by atoms with E-state index in [1.165, 1.54) is 6.07 Å². The van der Waals surface area contributed by atoms with Gasteiger partial charge in [0.15, 0.2) is 0 Å². The van der Waals surface area contributed by atoms with E-state index in [1.807, 2.05) is 103 Å². The molecule has 0 unspecified atom stereocenters. The van der Waals surface area contributed by atoms with Crippen LogP contribution < -0.4 is 5.11 Å². The van der Waals surface area contributed by atoms with Crippen LogP contribution in [-0.2, 0) is 9.59 Å². The number of hydrogen-bond acceptors (Lipinski definition) is 4. The van der Waals surface area contributed by atoms with E-state index in [2.05, 4.69) is 0 Å². The van der Waals surface area contributed by atoms with Gasteiger partial charge in [-0.25, -0.2) is 0 Å². The number of carbonyl (C=O) groups excluding carboxylic acids is 3. The number of hydrogen-bond donors (Lipinski definition) is 0. The fourth-order valence-electron chi connectivity index (χ4n) is 2.93. The number of carboxylic acids is 1. The lowest BCUT2D eigenvalue weighted by molar-refractivity contribution is -0.255. The molecule has 28 heavy (non-hydrogen) atoms. The number of aromatic carboxylic acids is 1. The van der Waals surface area contributed by atoms with E-state index in [1.54, 1.807) is 30.4 Å². The van der Waals surface area contributed by atoms with E-state index in [0.29, 0.717) is 25.5 Å². The zero-order valence-electron chi connectivity index (χ0n) is 13.8. The van der Waals surface area contributed by atoms with Crippen molar-refractivity contribution in [3.05, 3.63) is 79.6 Å². The molecule has 0 amide bonds. The molecule has 142 valence electrons. The molecule has 0 heterocycles. The highest BCUT2D eigenvalue weighted by Gasteiger charge is 2.27. The van der Waals surface area contributed by atoms with E-state index in [0.717, 1.165) is 5.57 Å². The van der Waals surface area contributed by atoms with Crippen LogP contribution in [0.5, 0.6) is 0 Å². The summed E-state index contributed by atoms with van der Waals surface area (Å²) in [5.74, 6) is -1.71. The van der Waals surface area contributed by atoms with Crippen molar-refractivity contribution in [1.29, 1.82) is 0 Å². The molecule has 0 saturated carbocycles. The largest absolute Gasteiger partial charge is 0.545 e. The number of halogens is 4. The Kier molecular flexibility index (Phi) is 7.34. The van der Waals surface area contributed by atoms with Crippen LogP contribution in [0.15, 0.2) is 68.5 Å². The number of carbonyl (C=O) groups is 3. The monoisotopic (exact) mass is 821 g/mol. The van der Waals surface area contributed by atoms with Crippen LogP contribution >= 0.6 is 90.4 Å². The molecule has 2 aliphatic carbocycles. The normalized spacial score (nSPS) is 17.6. The lowest BCUT2D eigenvalue weighted by atomic mass is 9.82. The summed E-state index contributed by atoms with van der Waals surface area (Å²) in [6, 6.07) is 6.63. The Balaban J connectivity index is 2.35. The van der Waals surface area contributed by atoms with Crippen molar-refractivity contribution in [2.75, 3.05) is 0 Å². The fraction of sp³-hybridized carbons (Fsp3) is 0.0500. The molecule has 1 aromatic carbocycles. The first-order chi connectivity index (χ1) is 13.2. The molecule has 4 nitrogen and oxygen atoms in total. The Labute approximate surface area is 215 Å². The number of rotatable bonds is 3. The molecule has 0 aliphatic heterocycles. The van der Waals surface area contributed by atoms with Crippen molar-refractivity contribution < 1.29 is 19.5 Å². The van der Waals surface area contributed by atoms with Crippen LogP contribution in [0.4, 0.5) is 0 Å². The van der Waals surface area contributed by atoms with Gasteiger partial charge in [0.05, 0.1) is 20.3 Å². The number of Topliss-reactive ketones (excluding diaryl/α,β-unsaturated/α-hetero) is 2. The maximum Gasteiger partial charge on any atom is 0.205 e. The summed E-state index contributed by atoms with van der Waals surface area (Å²) in [6.45, 7) is 0. The quantitative estimate of drug-likeness (QED) is 0.409. The van der Waals surface area contributed by atoms with Gasteiger partial charge in [0.25, 0.3) is 0 Å². The molecular formula is C20H9I4O4-. The molecule has 0 aromatic heterocycles. The SMILES string of the molecule is O=C1C(I)=CC(=C(c2ccccc2C(=O)[O-])C2C=C(I)C(=O)C(I)=C2)C=C1I. The zero-order chi connectivity index (χ0) is 20.6. The van der Waals surface area contributed by atoms with Crippen LogP contribution in [0.1, 0.15) is 15.9 Å². The van der Waals surface area contributed by atoms with Crippen molar-refractivity contribution in [2.45, 2.75) is 0 Å². The van der Waals surface area contributed by atoms with Gasteiger partial charge >= 0.3 is 0 Å².